The number of piperazine rings is 1. The standard InChI is InChI=1S/C12H17ClN2O2S/c1-9(10-2-3-11(13)18-10)15-6-4-14(5-7-15)8-12(16)17/h2-3,9H,4-8H2,1H3,(H,16,17). The van der Waals surface area contributed by atoms with Crippen LogP contribution in [0.25, 0.3) is 0 Å². The third-order valence-electron chi connectivity index (χ3n) is 3.32. The van der Waals surface area contributed by atoms with Crippen molar-refractivity contribution in [1.82, 2.24) is 9.80 Å². The van der Waals surface area contributed by atoms with Crippen molar-refractivity contribution in [2.24, 2.45) is 0 Å². The molecule has 0 amide bonds. The van der Waals surface area contributed by atoms with Gasteiger partial charge in [0.25, 0.3) is 0 Å². The smallest absolute Gasteiger partial charge is 0.317 e. The number of rotatable bonds is 4. The fourth-order valence-corrected chi connectivity index (χ4v) is 3.38. The third kappa shape index (κ3) is 3.45. The topological polar surface area (TPSA) is 43.8 Å². The molecule has 2 rings (SSSR count). The van der Waals surface area contributed by atoms with Gasteiger partial charge in [-0.3, -0.25) is 14.6 Å². The van der Waals surface area contributed by atoms with Gasteiger partial charge < -0.3 is 5.11 Å². The molecule has 6 heteroatoms. The van der Waals surface area contributed by atoms with E-state index in [4.69, 9.17) is 16.7 Å². The highest BCUT2D eigenvalue weighted by molar-refractivity contribution is 7.16. The molecule has 1 N–H and O–H groups in total. The van der Waals surface area contributed by atoms with Gasteiger partial charge >= 0.3 is 5.97 Å². The van der Waals surface area contributed by atoms with Crippen LogP contribution in [0.1, 0.15) is 17.8 Å². The van der Waals surface area contributed by atoms with E-state index in [2.05, 4.69) is 17.9 Å². The molecule has 1 saturated heterocycles. The van der Waals surface area contributed by atoms with Crippen LogP contribution in [0, 0.1) is 0 Å². The van der Waals surface area contributed by atoms with Crippen molar-refractivity contribution in [3.8, 4) is 0 Å². The average Bonchev–Trinajstić information content (AvgIpc) is 2.75. The minimum atomic E-state index is -0.749. The molecule has 1 fully saturated rings. The summed E-state index contributed by atoms with van der Waals surface area (Å²) in [6.45, 7) is 5.77. The van der Waals surface area contributed by atoms with Crippen LogP contribution in [0.2, 0.25) is 4.34 Å². The summed E-state index contributed by atoms with van der Waals surface area (Å²) in [6, 6.07) is 4.36. The van der Waals surface area contributed by atoms with Gasteiger partial charge in [-0.25, -0.2) is 0 Å². The number of halogens is 1. The number of hydrogen-bond acceptors (Lipinski definition) is 4. The fourth-order valence-electron chi connectivity index (χ4n) is 2.23. The van der Waals surface area contributed by atoms with Crippen LogP contribution in [0.4, 0.5) is 0 Å². The van der Waals surface area contributed by atoms with Crippen LogP contribution in [-0.4, -0.2) is 53.6 Å². The van der Waals surface area contributed by atoms with Crippen LogP contribution in [0.15, 0.2) is 12.1 Å². The van der Waals surface area contributed by atoms with Crippen molar-refractivity contribution in [3.05, 3.63) is 21.3 Å². The van der Waals surface area contributed by atoms with E-state index in [0.29, 0.717) is 6.04 Å². The van der Waals surface area contributed by atoms with Crippen LogP contribution >= 0.6 is 22.9 Å². The maximum absolute atomic E-state index is 10.6. The first kappa shape index (κ1) is 13.8. The van der Waals surface area contributed by atoms with Crippen molar-refractivity contribution in [2.45, 2.75) is 13.0 Å². The van der Waals surface area contributed by atoms with Crippen molar-refractivity contribution in [3.63, 3.8) is 0 Å². The van der Waals surface area contributed by atoms with Crippen LogP contribution in [0.3, 0.4) is 0 Å². The highest BCUT2D eigenvalue weighted by atomic mass is 35.5. The van der Waals surface area contributed by atoms with E-state index >= 15 is 0 Å². The molecule has 0 spiro atoms. The quantitative estimate of drug-likeness (QED) is 0.922. The lowest BCUT2D eigenvalue weighted by Crippen LogP contribution is -2.48. The number of carboxylic acid groups (broad SMARTS) is 1. The predicted octanol–water partition coefficient (Wildman–Crippen LogP) is 2.16. The lowest BCUT2D eigenvalue weighted by molar-refractivity contribution is -0.138. The van der Waals surface area contributed by atoms with Crippen LogP contribution < -0.4 is 0 Å². The highest BCUT2D eigenvalue weighted by Crippen LogP contribution is 2.30. The molecule has 1 aromatic heterocycles. The molecule has 4 nitrogen and oxygen atoms in total. The molecule has 100 valence electrons. The summed E-state index contributed by atoms with van der Waals surface area (Å²) in [4.78, 5) is 16.3. The van der Waals surface area contributed by atoms with E-state index in [1.54, 1.807) is 11.3 Å². The summed E-state index contributed by atoms with van der Waals surface area (Å²) in [5.74, 6) is -0.749. The highest BCUT2D eigenvalue weighted by Gasteiger charge is 2.23. The SMILES string of the molecule is CC(c1ccc(Cl)s1)N1CCN(CC(=O)O)CC1. The van der Waals surface area contributed by atoms with E-state index in [-0.39, 0.29) is 6.54 Å². The summed E-state index contributed by atoms with van der Waals surface area (Å²) < 4.78 is 0.821. The summed E-state index contributed by atoms with van der Waals surface area (Å²) in [6.07, 6.45) is 0. The maximum Gasteiger partial charge on any atom is 0.317 e. The molecule has 18 heavy (non-hydrogen) atoms. The summed E-state index contributed by atoms with van der Waals surface area (Å²) in [7, 11) is 0. The number of nitrogens with zero attached hydrogens (tertiary/aromatic N) is 2. The number of carboxylic acids is 1. The monoisotopic (exact) mass is 288 g/mol. The Morgan fingerprint density at radius 2 is 2.11 bits per heavy atom. The maximum atomic E-state index is 10.6. The average molecular weight is 289 g/mol. The van der Waals surface area contributed by atoms with Gasteiger partial charge in [0.1, 0.15) is 0 Å². The first-order valence-electron chi connectivity index (χ1n) is 5.99. The zero-order valence-electron chi connectivity index (χ0n) is 10.3. The van der Waals surface area contributed by atoms with Crippen molar-refractivity contribution in [2.75, 3.05) is 32.7 Å². The Balaban J connectivity index is 1.87. The number of hydrogen-bond donors (Lipinski definition) is 1. The van der Waals surface area contributed by atoms with E-state index in [9.17, 15) is 4.79 Å². The zero-order chi connectivity index (χ0) is 13.1. The molecule has 2 heterocycles. The van der Waals surface area contributed by atoms with Gasteiger partial charge in [-0.2, -0.15) is 0 Å². The Labute approximate surface area is 116 Å². The van der Waals surface area contributed by atoms with Gasteiger partial charge in [0.2, 0.25) is 0 Å². The van der Waals surface area contributed by atoms with E-state index < -0.39 is 5.97 Å². The second-order valence-electron chi connectivity index (χ2n) is 4.52. The summed E-state index contributed by atoms with van der Waals surface area (Å²) >= 11 is 7.57. The zero-order valence-corrected chi connectivity index (χ0v) is 11.9. The Bertz CT molecular complexity index is 416. The fraction of sp³-hybridized carbons (Fsp3) is 0.583. The lowest BCUT2D eigenvalue weighted by atomic mass is 10.2. The molecular weight excluding hydrogens is 272 g/mol. The summed E-state index contributed by atoms with van der Waals surface area (Å²) in [5, 5.41) is 8.75. The third-order valence-corrected chi connectivity index (χ3v) is 4.72. The Morgan fingerprint density at radius 1 is 1.44 bits per heavy atom. The second kappa shape index (κ2) is 6.02. The second-order valence-corrected chi connectivity index (χ2v) is 6.27. The number of carbonyl (C=O) groups is 1. The normalized spacial score (nSPS) is 19.9. The first-order valence-corrected chi connectivity index (χ1v) is 7.19. The molecule has 1 unspecified atom stereocenters. The Morgan fingerprint density at radius 3 is 2.61 bits per heavy atom. The van der Waals surface area contributed by atoms with Crippen LogP contribution in [-0.2, 0) is 4.79 Å². The molecule has 0 bridgehead atoms. The molecule has 1 aliphatic heterocycles. The Hall–Kier alpha value is -0.620. The van der Waals surface area contributed by atoms with Gasteiger partial charge in [-0.1, -0.05) is 11.6 Å². The van der Waals surface area contributed by atoms with Gasteiger partial charge in [0, 0.05) is 37.1 Å². The minimum absolute atomic E-state index is 0.146. The number of aliphatic carboxylic acids is 1. The van der Waals surface area contributed by atoms with E-state index in [0.717, 1.165) is 30.5 Å². The predicted molar refractivity (Wildman–Crippen MR) is 73.4 cm³/mol. The minimum Gasteiger partial charge on any atom is -0.480 e. The van der Waals surface area contributed by atoms with Gasteiger partial charge in [-0.15, -0.1) is 11.3 Å². The molecular formula is C12H17ClN2O2S. The van der Waals surface area contributed by atoms with Gasteiger partial charge in [-0.05, 0) is 19.1 Å². The van der Waals surface area contributed by atoms with Gasteiger partial charge in [0.05, 0.1) is 10.9 Å². The lowest BCUT2D eigenvalue weighted by Gasteiger charge is -2.37. The Kier molecular flexibility index (Phi) is 4.61. The van der Waals surface area contributed by atoms with Crippen LogP contribution in [0.5, 0.6) is 0 Å². The molecule has 1 aliphatic rings. The molecule has 1 atom stereocenters. The van der Waals surface area contributed by atoms with Crippen molar-refractivity contribution < 1.29 is 9.90 Å². The first-order chi connectivity index (χ1) is 8.56. The largest absolute Gasteiger partial charge is 0.480 e. The molecule has 1 aromatic rings. The van der Waals surface area contributed by atoms with Crippen molar-refractivity contribution in [1.29, 1.82) is 0 Å². The molecule has 0 aromatic carbocycles. The van der Waals surface area contributed by atoms with Crippen molar-refractivity contribution >= 4 is 28.9 Å². The van der Waals surface area contributed by atoms with E-state index in [1.807, 2.05) is 11.0 Å². The molecule has 0 radical (unpaired) electrons. The van der Waals surface area contributed by atoms with E-state index in [1.165, 1.54) is 4.88 Å². The number of thiophene rings is 1. The molecule has 0 saturated carbocycles. The van der Waals surface area contributed by atoms with Gasteiger partial charge in [0.15, 0.2) is 0 Å². The molecule has 0 aliphatic carbocycles. The summed E-state index contributed by atoms with van der Waals surface area (Å²) in [5.41, 5.74) is 0.